The van der Waals surface area contributed by atoms with Crippen molar-refractivity contribution in [2.75, 3.05) is 6.54 Å². The molecule has 0 fully saturated rings. The van der Waals surface area contributed by atoms with E-state index in [4.69, 9.17) is 10.8 Å². The summed E-state index contributed by atoms with van der Waals surface area (Å²) in [5, 5.41) is 20.2. The molecule has 12 nitrogen and oxygen atoms in total. The lowest BCUT2D eigenvalue weighted by Gasteiger charge is -2.24. The molecular formula is C34H38N6O6. The molecule has 8 N–H and O–H groups in total. The van der Waals surface area contributed by atoms with E-state index in [1.165, 1.54) is 6.92 Å². The quantitative estimate of drug-likeness (QED) is 0.103. The summed E-state index contributed by atoms with van der Waals surface area (Å²) >= 11 is 0. The van der Waals surface area contributed by atoms with Crippen molar-refractivity contribution < 1.29 is 29.1 Å². The zero-order valence-electron chi connectivity index (χ0n) is 25.4. The molecule has 0 aliphatic carbocycles. The first kappa shape index (κ1) is 33.4. The van der Waals surface area contributed by atoms with Crippen LogP contribution in [0.4, 0.5) is 0 Å². The second-order valence-corrected chi connectivity index (χ2v) is 11.0. The minimum atomic E-state index is -1.22. The van der Waals surface area contributed by atoms with E-state index < -0.39 is 60.3 Å². The summed E-state index contributed by atoms with van der Waals surface area (Å²) in [5.41, 5.74) is 9.50. The number of H-pyrrole nitrogens is 1. The Morgan fingerprint density at radius 2 is 1.28 bits per heavy atom. The maximum Gasteiger partial charge on any atom is 0.325 e. The van der Waals surface area contributed by atoms with E-state index in [1.807, 2.05) is 60.7 Å². The van der Waals surface area contributed by atoms with Crippen molar-refractivity contribution in [3.05, 3.63) is 108 Å². The van der Waals surface area contributed by atoms with Crippen LogP contribution in [0.5, 0.6) is 0 Å². The fraction of sp³-hybridized carbons (Fsp3) is 0.265. The molecule has 4 atom stereocenters. The monoisotopic (exact) mass is 626 g/mol. The average molecular weight is 627 g/mol. The predicted molar refractivity (Wildman–Crippen MR) is 172 cm³/mol. The van der Waals surface area contributed by atoms with Crippen LogP contribution in [0.25, 0.3) is 10.9 Å². The van der Waals surface area contributed by atoms with E-state index in [2.05, 4.69) is 26.3 Å². The highest BCUT2D eigenvalue weighted by atomic mass is 16.4. The minimum Gasteiger partial charge on any atom is -0.480 e. The summed E-state index contributed by atoms with van der Waals surface area (Å²) in [7, 11) is 0. The Morgan fingerprint density at radius 3 is 1.93 bits per heavy atom. The van der Waals surface area contributed by atoms with Crippen LogP contribution < -0.4 is 27.0 Å². The Kier molecular flexibility index (Phi) is 11.6. The van der Waals surface area contributed by atoms with Crippen LogP contribution >= 0.6 is 0 Å². The Bertz CT molecular complexity index is 1660. The smallest absolute Gasteiger partial charge is 0.325 e. The van der Waals surface area contributed by atoms with Gasteiger partial charge in [-0.15, -0.1) is 0 Å². The second-order valence-electron chi connectivity index (χ2n) is 11.0. The van der Waals surface area contributed by atoms with Gasteiger partial charge in [-0.25, -0.2) is 0 Å². The molecule has 4 aromatic rings. The third-order valence-corrected chi connectivity index (χ3v) is 7.45. The fourth-order valence-corrected chi connectivity index (χ4v) is 4.95. The first-order chi connectivity index (χ1) is 22.1. The number of fused-ring (bicyclic) bond motifs is 1. The van der Waals surface area contributed by atoms with E-state index in [9.17, 15) is 24.0 Å². The Labute approximate surface area is 266 Å². The van der Waals surface area contributed by atoms with E-state index in [0.717, 1.165) is 27.6 Å². The van der Waals surface area contributed by atoms with Crippen molar-refractivity contribution in [3.63, 3.8) is 0 Å². The van der Waals surface area contributed by atoms with E-state index in [1.54, 1.807) is 30.5 Å². The van der Waals surface area contributed by atoms with Crippen LogP contribution in [-0.4, -0.2) is 70.4 Å². The van der Waals surface area contributed by atoms with Gasteiger partial charge in [-0.2, -0.15) is 0 Å². The summed E-state index contributed by atoms with van der Waals surface area (Å²) in [4.78, 5) is 67.0. The van der Waals surface area contributed by atoms with Crippen molar-refractivity contribution in [3.8, 4) is 0 Å². The van der Waals surface area contributed by atoms with Gasteiger partial charge in [0.2, 0.25) is 23.6 Å². The SMILES string of the molecule is CC(NC(=O)CNC(=O)C(Cc1ccccc1)NC(=O)C(Cc1c[nH]c2ccccc12)NC(=O)C(N)Cc1ccccc1)C(=O)O. The molecule has 1 aromatic heterocycles. The zero-order valence-corrected chi connectivity index (χ0v) is 25.4. The number of carbonyl (C=O) groups is 5. The lowest BCUT2D eigenvalue weighted by atomic mass is 10.0. The van der Waals surface area contributed by atoms with Gasteiger partial charge in [0.05, 0.1) is 12.6 Å². The molecule has 240 valence electrons. The lowest BCUT2D eigenvalue weighted by molar-refractivity contribution is -0.141. The van der Waals surface area contributed by atoms with Crippen LogP contribution in [0.15, 0.2) is 91.1 Å². The molecule has 46 heavy (non-hydrogen) atoms. The van der Waals surface area contributed by atoms with Gasteiger partial charge in [0.25, 0.3) is 0 Å². The third-order valence-electron chi connectivity index (χ3n) is 7.45. The van der Waals surface area contributed by atoms with Crippen molar-refractivity contribution >= 4 is 40.5 Å². The number of rotatable bonds is 15. The minimum absolute atomic E-state index is 0.0901. The predicted octanol–water partition coefficient (Wildman–Crippen LogP) is 1.20. The van der Waals surface area contributed by atoms with E-state index in [-0.39, 0.29) is 19.3 Å². The van der Waals surface area contributed by atoms with Crippen LogP contribution in [0, 0.1) is 0 Å². The van der Waals surface area contributed by atoms with Crippen molar-refractivity contribution in [2.24, 2.45) is 5.73 Å². The molecule has 12 heteroatoms. The van der Waals surface area contributed by atoms with Gasteiger partial charge in [0, 0.05) is 29.9 Å². The average Bonchev–Trinajstić information content (AvgIpc) is 3.46. The second kappa shape index (κ2) is 16.0. The number of aromatic nitrogens is 1. The third kappa shape index (κ3) is 9.50. The molecule has 0 aliphatic heterocycles. The number of nitrogens with one attached hydrogen (secondary N) is 5. The van der Waals surface area contributed by atoms with Gasteiger partial charge < -0.3 is 37.1 Å². The van der Waals surface area contributed by atoms with E-state index >= 15 is 0 Å². The van der Waals surface area contributed by atoms with Gasteiger partial charge in [-0.05, 0) is 36.1 Å². The number of nitrogens with two attached hydrogens (primary N) is 1. The number of carbonyl (C=O) groups excluding carboxylic acids is 4. The number of hydrogen-bond acceptors (Lipinski definition) is 6. The largest absolute Gasteiger partial charge is 0.480 e. The van der Waals surface area contributed by atoms with Crippen LogP contribution in [0.3, 0.4) is 0 Å². The van der Waals surface area contributed by atoms with Gasteiger partial charge in [0.15, 0.2) is 0 Å². The normalized spacial score (nSPS) is 13.5. The van der Waals surface area contributed by atoms with Crippen molar-refractivity contribution in [1.82, 2.24) is 26.3 Å². The van der Waals surface area contributed by atoms with Gasteiger partial charge >= 0.3 is 5.97 Å². The van der Waals surface area contributed by atoms with Crippen LogP contribution in [0.2, 0.25) is 0 Å². The highest BCUT2D eigenvalue weighted by molar-refractivity contribution is 5.95. The Balaban J connectivity index is 1.53. The van der Waals surface area contributed by atoms with Crippen molar-refractivity contribution in [1.29, 1.82) is 0 Å². The number of aliphatic carboxylic acids is 1. The summed E-state index contributed by atoms with van der Waals surface area (Å²) in [5.74, 6) is -3.73. The molecule has 3 aromatic carbocycles. The van der Waals surface area contributed by atoms with E-state index in [0.29, 0.717) is 0 Å². The number of amides is 4. The molecule has 4 rings (SSSR count). The number of hydrogen-bond donors (Lipinski definition) is 7. The first-order valence-electron chi connectivity index (χ1n) is 14.9. The molecular weight excluding hydrogens is 588 g/mol. The number of para-hydroxylation sites is 1. The number of aromatic amines is 1. The number of benzene rings is 3. The lowest BCUT2D eigenvalue weighted by Crippen LogP contribution is -2.57. The zero-order chi connectivity index (χ0) is 33.1. The van der Waals surface area contributed by atoms with Crippen LogP contribution in [-0.2, 0) is 43.2 Å². The maximum atomic E-state index is 13.9. The first-order valence-corrected chi connectivity index (χ1v) is 14.9. The fourth-order valence-electron chi connectivity index (χ4n) is 4.95. The molecule has 1 heterocycles. The highest BCUT2D eigenvalue weighted by Gasteiger charge is 2.29. The number of carboxylic acid groups (broad SMARTS) is 1. The Hall–Kier alpha value is -5.49. The highest BCUT2D eigenvalue weighted by Crippen LogP contribution is 2.19. The molecule has 0 aliphatic rings. The topological polar surface area (TPSA) is 196 Å². The van der Waals surface area contributed by atoms with Gasteiger partial charge in [-0.1, -0.05) is 78.9 Å². The number of carboxylic acids is 1. The molecule has 0 saturated carbocycles. The molecule has 0 bridgehead atoms. The molecule has 4 unspecified atom stereocenters. The summed E-state index contributed by atoms with van der Waals surface area (Å²) < 4.78 is 0. The van der Waals surface area contributed by atoms with Gasteiger partial charge in [-0.3, -0.25) is 24.0 Å². The standard InChI is InChI=1S/C34H38N6O6/c1-21(34(45)46)38-30(41)20-37-32(43)28(17-23-12-6-3-7-13-23)40-33(44)29(18-24-19-36-27-15-9-8-14-25(24)27)39-31(42)26(35)16-22-10-4-2-5-11-22/h2-15,19,21,26,28-29,36H,16-18,20,35H2,1H3,(H,37,43)(H,38,41)(H,39,42)(H,40,44)(H,45,46). The van der Waals surface area contributed by atoms with Gasteiger partial charge in [0.1, 0.15) is 18.1 Å². The summed E-state index contributed by atoms with van der Waals surface area (Å²) in [6.45, 7) is 0.801. The summed E-state index contributed by atoms with van der Waals surface area (Å²) in [6.07, 6.45) is 2.23. The van der Waals surface area contributed by atoms with Crippen LogP contribution in [0.1, 0.15) is 23.6 Å². The molecule has 0 radical (unpaired) electrons. The molecule has 0 saturated heterocycles. The molecule has 0 spiro atoms. The van der Waals surface area contributed by atoms with Crippen molar-refractivity contribution in [2.45, 2.75) is 50.4 Å². The molecule has 4 amide bonds. The Morgan fingerprint density at radius 1 is 0.717 bits per heavy atom. The maximum absolute atomic E-state index is 13.9. The summed E-state index contributed by atoms with van der Waals surface area (Å²) in [6, 6.07) is 21.5.